The predicted octanol–water partition coefficient (Wildman–Crippen LogP) is 20.4. The van der Waals surface area contributed by atoms with Gasteiger partial charge in [0.2, 0.25) is 5.91 Å². The van der Waals surface area contributed by atoms with E-state index in [1.807, 2.05) is 6.08 Å². The zero-order chi connectivity index (χ0) is 51.4. The molecule has 2 atom stereocenters. The SMILES string of the molecule is CCCCCCCCCCCCCC/C=C/C(O)C(CO)NC(=O)CCCCCCCCCCCCCCCCCCCCCCCCCCCCOC(=O)CCCCCCCCCCCCCCCC. The third kappa shape index (κ3) is 57.7. The van der Waals surface area contributed by atoms with E-state index in [0.29, 0.717) is 19.4 Å². The summed E-state index contributed by atoms with van der Waals surface area (Å²) < 4.78 is 5.49. The molecule has 0 rings (SSSR count). The fraction of sp³-hybridized carbons (Fsp3) is 0.938. The molecule has 0 spiro atoms. The Bertz CT molecular complexity index is 1060. The summed E-state index contributed by atoms with van der Waals surface area (Å²) in [5.41, 5.74) is 0. The molecule has 0 fully saturated rings. The molecule has 0 radical (unpaired) electrons. The molecule has 0 aromatic heterocycles. The van der Waals surface area contributed by atoms with Crippen molar-refractivity contribution in [3.63, 3.8) is 0 Å². The Morgan fingerprint density at radius 2 is 0.648 bits per heavy atom. The molecule has 0 aliphatic rings. The van der Waals surface area contributed by atoms with Crippen molar-refractivity contribution in [3.05, 3.63) is 12.2 Å². The summed E-state index contributed by atoms with van der Waals surface area (Å²) in [6.45, 7) is 4.93. The molecule has 0 saturated carbocycles. The average molecular weight is 1000 g/mol. The van der Waals surface area contributed by atoms with Gasteiger partial charge < -0.3 is 20.3 Å². The van der Waals surface area contributed by atoms with E-state index in [-0.39, 0.29) is 18.5 Å². The van der Waals surface area contributed by atoms with Gasteiger partial charge in [-0.15, -0.1) is 0 Å². The molecule has 0 aromatic rings. The monoisotopic (exact) mass is 1000 g/mol. The number of nitrogens with one attached hydrogen (secondary N) is 1. The second-order valence-corrected chi connectivity index (χ2v) is 22.5. The first kappa shape index (κ1) is 69.6. The Kier molecular flexibility index (Phi) is 59.9. The fourth-order valence-corrected chi connectivity index (χ4v) is 10.3. The number of carbonyl (C=O) groups excluding carboxylic acids is 2. The van der Waals surface area contributed by atoms with Gasteiger partial charge in [0, 0.05) is 12.8 Å². The van der Waals surface area contributed by atoms with Gasteiger partial charge in [-0.25, -0.2) is 0 Å². The van der Waals surface area contributed by atoms with Crippen molar-refractivity contribution in [2.75, 3.05) is 13.2 Å². The summed E-state index contributed by atoms with van der Waals surface area (Å²) in [7, 11) is 0. The number of rotatable bonds is 61. The lowest BCUT2D eigenvalue weighted by molar-refractivity contribution is -0.143. The molecule has 0 aliphatic heterocycles. The number of aliphatic hydroxyl groups is 2. The van der Waals surface area contributed by atoms with Crippen LogP contribution in [0.4, 0.5) is 0 Å². The average Bonchev–Trinajstić information content (AvgIpc) is 3.37. The molecule has 0 aliphatic carbocycles. The highest BCUT2D eigenvalue weighted by Gasteiger charge is 2.18. The number of esters is 1. The van der Waals surface area contributed by atoms with E-state index in [2.05, 4.69) is 19.2 Å². The van der Waals surface area contributed by atoms with Gasteiger partial charge in [0.1, 0.15) is 0 Å². The normalized spacial score (nSPS) is 12.6. The van der Waals surface area contributed by atoms with Crippen molar-refractivity contribution in [2.45, 2.75) is 379 Å². The number of unbranched alkanes of at least 4 members (excludes halogenated alkanes) is 50. The highest BCUT2D eigenvalue weighted by molar-refractivity contribution is 5.76. The summed E-state index contributed by atoms with van der Waals surface area (Å²) >= 11 is 0. The molecule has 0 heterocycles. The van der Waals surface area contributed by atoms with Crippen LogP contribution in [0.25, 0.3) is 0 Å². The third-order valence-corrected chi connectivity index (χ3v) is 15.3. The quantitative estimate of drug-likeness (QED) is 0.0320. The summed E-state index contributed by atoms with van der Waals surface area (Å²) in [5.74, 6) is -0.0438. The van der Waals surface area contributed by atoms with Crippen LogP contribution in [0.5, 0.6) is 0 Å². The van der Waals surface area contributed by atoms with Crippen LogP contribution < -0.4 is 5.32 Å². The van der Waals surface area contributed by atoms with Crippen LogP contribution in [0.1, 0.15) is 367 Å². The number of ether oxygens (including phenoxy) is 1. The molecule has 0 aromatic carbocycles. The van der Waals surface area contributed by atoms with Crippen LogP contribution in [-0.2, 0) is 14.3 Å². The first-order chi connectivity index (χ1) is 35.0. The fourth-order valence-electron chi connectivity index (χ4n) is 10.3. The summed E-state index contributed by atoms with van der Waals surface area (Å²) in [4.78, 5) is 24.5. The zero-order valence-corrected chi connectivity index (χ0v) is 48.2. The second kappa shape index (κ2) is 61.1. The summed E-state index contributed by atoms with van der Waals surface area (Å²) in [6, 6.07) is -0.625. The predicted molar refractivity (Wildman–Crippen MR) is 310 cm³/mol. The van der Waals surface area contributed by atoms with E-state index < -0.39 is 12.1 Å². The molecule has 422 valence electrons. The highest BCUT2D eigenvalue weighted by Crippen LogP contribution is 2.18. The molecule has 71 heavy (non-hydrogen) atoms. The van der Waals surface area contributed by atoms with Crippen molar-refractivity contribution in [2.24, 2.45) is 0 Å². The van der Waals surface area contributed by atoms with Gasteiger partial charge in [-0.3, -0.25) is 9.59 Å². The van der Waals surface area contributed by atoms with Crippen molar-refractivity contribution in [1.29, 1.82) is 0 Å². The van der Waals surface area contributed by atoms with E-state index in [9.17, 15) is 19.8 Å². The minimum Gasteiger partial charge on any atom is -0.466 e. The lowest BCUT2D eigenvalue weighted by Crippen LogP contribution is -2.45. The number of allylic oxidation sites excluding steroid dienone is 1. The van der Waals surface area contributed by atoms with Crippen molar-refractivity contribution in [1.82, 2.24) is 5.32 Å². The molecule has 6 heteroatoms. The van der Waals surface area contributed by atoms with E-state index in [1.54, 1.807) is 6.08 Å². The number of hydrogen-bond donors (Lipinski definition) is 3. The van der Waals surface area contributed by atoms with Crippen molar-refractivity contribution in [3.8, 4) is 0 Å². The minimum absolute atomic E-state index is 0.0198. The smallest absolute Gasteiger partial charge is 0.305 e. The van der Waals surface area contributed by atoms with Crippen LogP contribution >= 0.6 is 0 Å². The first-order valence-corrected chi connectivity index (χ1v) is 32.5. The summed E-state index contributed by atoms with van der Waals surface area (Å²) in [6.07, 6.45) is 74.1. The maximum atomic E-state index is 12.5. The Morgan fingerprint density at radius 1 is 0.380 bits per heavy atom. The van der Waals surface area contributed by atoms with E-state index in [1.165, 1.54) is 302 Å². The van der Waals surface area contributed by atoms with Crippen molar-refractivity contribution < 1.29 is 24.5 Å². The van der Waals surface area contributed by atoms with E-state index in [0.717, 1.165) is 38.5 Å². The summed E-state index contributed by atoms with van der Waals surface area (Å²) in [5, 5.41) is 23.1. The Morgan fingerprint density at radius 3 is 0.958 bits per heavy atom. The molecule has 1 amide bonds. The minimum atomic E-state index is -0.841. The maximum Gasteiger partial charge on any atom is 0.305 e. The van der Waals surface area contributed by atoms with Gasteiger partial charge in [0.15, 0.2) is 0 Å². The molecule has 2 unspecified atom stereocenters. The van der Waals surface area contributed by atoms with Crippen LogP contribution in [0.15, 0.2) is 12.2 Å². The number of hydrogen-bond acceptors (Lipinski definition) is 5. The van der Waals surface area contributed by atoms with Crippen LogP contribution in [0, 0.1) is 0 Å². The van der Waals surface area contributed by atoms with Crippen LogP contribution in [-0.4, -0.2) is 47.4 Å². The maximum absolute atomic E-state index is 12.5. The zero-order valence-electron chi connectivity index (χ0n) is 48.2. The van der Waals surface area contributed by atoms with Gasteiger partial charge >= 0.3 is 5.97 Å². The highest BCUT2D eigenvalue weighted by atomic mass is 16.5. The number of carbonyl (C=O) groups is 2. The third-order valence-electron chi connectivity index (χ3n) is 15.3. The van der Waals surface area contributed by atoms with Crippen LogP contribution in [0.3, 0.4) is 0 Å². The van der Waals surface area contributed by atoms with Gasteiger partial charge in [-0.2, -0.15) is 0 Å². The topological polar surface area (TPSA) is 95.9 Å². The molecule has 0 saturated heterocycles. The Labute approximate surface area is 444 Å². The molecule has 6 nitrogen and oxygen atoms in total. The molecule has 0 bridgehead atoms. The lowest BCUT2D eigenvalue weighted by atomic mass is 10.0. The van der Waals surface area contributed by atoms with Crippen molar-refractivity contribution >= 4 is 11.9 Å². The standard InChI is InChI=1S/C65H127NO5/c1-3-5-7-9-11-13-15-17-33-37-41-45-49-53-57-63(68)62(61-67)66-64(69)58-54-50-46-42-38-34-31-29-27-25-23-21-19-20-22-24-26-28-30-32-36-40-44-48-52-56-60-71-65(70)59-55-51-47-43-39-35-18-16-14-12-10-8-6-4-2/h53,57,62-63,67-68H,3-52,54-56,58-61H2,1-2H3,(H,66,69)/b57-53+. The van der Waals surface area contributed by atoms with Gasteiger partial charge in [-0.1, -0.05) is 334 Å². The Balaban J connectivity index is 3.35. The number of amides is 1. The van der Waals surface area contributed by atoms with E-state index in [4.69, 9.17) is 4.74 Å². The molecular weight excluding hydrogens is 875 g/mol. The Hall–Kier alpha value is -1.40. The van der Waals surface area contributed by atoms with Crippen LogP contribution in [0.2, 0.25) is 0 Å². The van der Waals surface area contributed by atoms with Gasteiger partial charge in [-0.05, 0) is 32.1 Å². The number of aliphatic hydroxyl groups excluding tert-OH is 2. The largest absolute Gasteiger partial charge is 0.466 e. The molecule has 3 N–H and O–H groups in total. The molecular formula is C65H127NO5. The van der Waals surface area contributed by atoms with Gasteiger partial charge in [0.05, 0.1) is 25.4 Å². The van der Waals surface area contributed by atoms with E-state index >= 15 is 0 Å². The second-order valence-electron chi connectivity index (χ2n) is 22.5. The lowest BCUT2D eigenvalue weighted by Gasteiger charge is -2.20. The first-order valence-electron chi connectivity index (χ1n) is 32.5. The van der Waals surface area contributed by atoms with Gasteiger partial charge in [0.25, 0.3) is 0 Å².